The van der Waals surface area contributed by atoms with Crippen LogP contribution in [-0.2, 0) is 9.98 Å². The number of rotatable bonds is 4. The minimum Gasteiger partial charge on any atom is -0.365 e. The van der Waals surface area contributed by atoms with Gasteiger partial charge in [-0.05, 0) is 0 Å². The van der Waals surface area contributed by atoms with Crippen molar-refractivity contribution in [3.63, 3.8) is 0 Å². The highest BCUT2D eigenvalue weighted by atomic mass is 17.2. The number of nitrogens with zero attached hydrogens (tertiary/aromatic N) is 4. The summed E-state index contributed by atoms with van der Waals surface area (Å²) < 4.78 is 0. The summed E-state index contributed by atoms with van der Waals surface area (Å²) in [4.78, 5) is 10.8. The van der Waals surface area contributed by atoms with Crippen molar-refractivity contribution in [2.45, 2.75) is 0 Å². The van der Waals surface area contributed by atoms with Crippen LogP contribution in [0.4, 0.5) is 0 Å². The van der Waals surface area contributed by atoms with Crippen LogP contribution in [0, 0.1) is 0 Å². The molecule has 0 saturated carbocycles. The summed E-state index contributed by atoms with van der Waals surface area (Å²) in [6.07, 6.45) is 0. The Kier molecular flexibility index (Phi) is 4.26. The van der Waals surface area contributed by atoms with E-state index in [4.69, 9.17) is 10.5 Å². The molecule has 0 fully saturated rings. The van der Waals surface area contributed by atoms with Crippen LogP contribution in [0.3, 0.4) is 0 Å². The van der Waals surface area contributed by atoms with Crippen LogP contribution in [0.2, 0.25) is 0 Å². The molecule has 0 spiro atoms. The maximum absolute atomic E-state index is 7.95. The van der Waals surface area contributed by atoms with Gasteiger partial charge in [-0.1, -0.05) is 10.1 Å². The van der Waals surface area contributed by atoms with Gasteiger partial charge in [-0.15, -0.1) is 5.10 Å². The lowest BCUT2D eigenvalue weighted by molar-refractivity contribution is -0.291. The second-order valence-corrected chi connectivity index (χ2v) is 2.04. The highest BCUT2D eigenvalue weighted by molar-refractivity contribution is 6.41. The third-order valence-electron chi connectivity index (χ3n) is 1.25. The van der Waals surface area contributed by atoms with Crippen molar-refractivity contribution in [2.75, 3.05) is 13.1 Å². The summed E-state index contributed by atoms with van der Waals surface area (Å²) >= 11 is 0. The number of amidine groups is 2. The predicted molar refractivity (Wildman–Crippen MR) is 43.2 cm³/mol. The Hall–Kier alpha value is -1.78. The maximum atomic E-state index is 7.95. The summed E-state index contributed by atoms with van der Waals surface area (Å²) in [6, 6.07) is 0. The van der Waals surface area contributed by atoms with E-state index in [1.54, 1.807) is 5.59 Å². The van der Waals surface area contributed by atoms with Crippen LogP contribution < -0.4 is 10.9 Å². The third kappa shape index (κ3) is 2.93. The van der Waals surface area contributed by atoms with Gasteiger partial charge in [0.2, 0.25) is 5.84 Å². The fraction of sp³-hybridized carbons (Fsp3) is 0.500. The molecule has 0 aromatic carbocycles. The zero-order valence-electron chi connectivity index (χ0n) is 6.91. The topological polar surface area (TPSA) is 132 Å². The monoisotopic (exact) mass is 204 g/mol. The first-order valence-corrected chi connectivity index (χ1v) is 3.52. The molecule has 10 heteroatoms. The minimum absolute atomic E-state index is 0.0365. The van der Waals surface area contributed by atoms with Gasteiger partial charge in [-0.25, -0.2) is 10.2 Å². The summed E-state index contributed by atoms with van der Waals surface area (Å²) in [5.41, 5.74) is 1.77. The quantitative estimate of drug-likeness (QED) is 0.155. The molecule has 0 amide bonds. The number of hydrogen-bond donors (Lipinski definition) is 4. The van der Waals surface area contributed by atoms with E-state index in [1.165, 1.54) is 0 Å². The van der Waals surface area contributed by atoms with Gasteiger partial charge in [0.05, 0.1) is 11.8 Å². The van der Waals surface area contributed by atoms with E-state index in [9.17, 15) is 0 Å². The molecule has 0 aromatic rings. The Morgan fingerprint density at radius 2 is 2.43 bits per heavy atom. The number of nitrogens with one attached hydrogen (secondary N) is 2. The van der Waals surface area contributed by atoms with Gasteiger partial charge in [-0.3, -0.25) is 4.99 Å². The molecule has 1 rings (SSSR count). The molecule has 0 radical (unpaired) electrons. The van der Waals surface area contributed by atoms with Crippen LogP contribution in [0.1, 0.15) is 0 Å². The lowest BCUT2D eigenvalue weighted by Crippen LogP contribution is -2.27. The van der Waals surface area contributed by atoms with Gasteiger partial charge >= 0.3 is 0 Å². The van der Waals surface area contributed by atoms with E-state index in [2.05, 4.69) is 35.8 Å². The number of hydrogen-bond acceptors (Lipinski definition) is 9. The maximum Gasteiger partial charge on any atom is 0.241 e. The van der Waals surface area contributed by atoms with Crippen molar-refractivity contribution in [1.29, 1.82) is 0 Å². The molecular weight excluding hydrogens is 196 g/mol. The van der Waals surface area contributed by atoms with E-state index >= 15 is 0 Å². The SMILES string of the molecule is OON=NC(=NNOO)C1=NCCN1. The van der Waals surface area contributed by atoms with Gasteiger partial charge in [-0.2, -0.15) is 10.8 Å². The van der Waals surface area contributed by atoms with Crippen molar-refractivity contribution in [1.82, 2.24) is 10.9 Å². The molecule has 1 aliphatic rings. The molecule has 0 aromatic heterocycles. The first-order valence-electron chi connectivity index (χ1n) is 3.52. The minimum atomic E-state index is -0.0365. The second kappa shape index (κ2) is 5.80. The summed E-state index contributed by atoms with van der Waals surface area (Å²) in [6.45, 7) is 1.22. The van der Waals surface area contributed by atoms with Gasteiger partial charge in [0.15, 0.2) is 5.84 Å². The summed E-state index contributed by atoms with van der Waals surface area (Å²) in [5.74, 6) is 0.306. The van der Waals surface area contributed by atoms with Gasteiger partial charge in [0.1, 0.15) is 0 Å². The molecule has 0 aliphatic carbocycles. The van der Waals surface area contributed by atoms with Crippen LogP contribution >= 0.6 is 0 Å². The molecule has 0 atom stereocenters. The summed E-state index contributed by atoms with van der Waals surface area (Å²) in [5, 5.41) is 28.2. The molecule has 78 valence electrons. The van der Waals surface area contributed by atoms with Crippen LogP contribution in [0.25, 0.3) is 0 Å². The van der Waals surface area contributed by atoms with Gasteiger partial charge in [0.25, 0.3) is 0 Å². The predicted octanol–water partition coefficient (Wildman–Crippen LogP) is -0.847. The highest BCUT2D eigenvalue weighted by Crippen LogP contribution is 1.92. The summed E-state index contributed by atoms with van der Waals surface area (Å²) in [7, 11) is 0. The highest BCUT2D eigenvalue weighted by Gasteiger charge is 2.12. The van der Waals surface area contributed by atoms with Crippen molar-refractivity contribution in [2.24, 2.45) is 20.5 Å². The Morgan fingerprint density at radius 1 is 1.57 bits per heavy atom. The normalized spacial score (nSPS) is 16.7. The molecule has 4 N–H and O–H groups in total. The average Bonchev–Trinajstić information content (AvgIpc) is 2.71. The van der Waals surface area contributed by atoms with Crippen molar-refractivity contribution < 1.29 is 20.5 Å². The second-order valence-electron chi connectivity index (χ2n) is 2.04. The lowest BCUT2D eigenvalue weighted by Gasteiger charge is -1.99. The zero-order chi connectivity index (χ0) is 10.2. The molecule has 1 aliphatic heterocycles. The Balaban J connectivity index is 2.65. The van der Waals surface area contributed by atoms with E-state index < -0.39 is 0 Å². The number of aliphatic imine (C=N–C) groups is 1. The van der Waals surface area contributed by atoms with E-state index in [0.717, 1.165) is 0 Å². The van der Waals surface area contributed by atoms with Crippen LogP contribution in [0.15, 0.2) is 20.5 Å². The fourth-order valence-electron chi connectivity index (χ4n) is 0.791. The molecule has 1 heterocycles. The Bertz CT molecular complexity index is 263. The average molecular weight is 204 g/mol. The first kappa shape index (κ1) is 10.3. The molecular formula is C4H8N6O4. The Morgan fingerprint density at radius 3 is 3.00 bits per heavy atom. The largest absolute Gasteiger partial charge is 0.365 e. The molecule has 0 saturated heterocycles. The van der Waals surface area contributed by atoms with Crippen molar-refractivity contribution >= 4 is 11.7 Å². The lowest BCUT2D eigenvalue weighted by atomic mass is 10.5. The molecule has 0 bridgehead atoms. The number of hydrazone groups is 1. The van der Waals surface area contributed by atoms with Crippen LogP contribution in [-0.4, -0.2) is 35.3 Å². The van der Waals surface area contributed by atoms with Crippen molar-refractivity contribution in [3.05, 3.63) is 0 Å². The molecule has 0 unspecified atom stereocenters. The fourth-order valence-corrected chi connectivity index (χ4v) is 0.791. The third-order valence-corrected chi connectivity index (χ3v) is 1.25. The molecule has 14 heavy (non-hydrogen) atoms. The first-order chi connectivity index (χ1) is 6.88. The van der Waals surface area contributed by atoms with E-state index in [-0.39, 0.29) is 5.84 Å². The zero-order valence-corrected chi connectivity index (χ0v) is 6.91. The van der Waals surface area contributed by atoms with Crippen LogP contribution in [0.5, 0.6) is 0 Å². The standard InChI is InChI=1S/C4H8N6O4/c11-13-9-7-4(8-10-14-12)3-5-1-2-6-3/h9,11-12H,1-2H2,(H,5,6). The van der Waals surface area contributed by atoms with E-state index in [1.807, 2.05) is 0 Å². The smallest absolute Gasteiger partial charge is 0.241 e. The van der Waals surface area contributed by atoms with E-state index in [0.29, 0.717) is 18.9 Å². The molecule has 10 nitrogen and oxygen atoms in total. The Labute approximate surface area is 77.7 Å². The van der Waals surface area contributed by atoms with Gasteiger partial charge < -0.3 is 5.32 Å². The van der Waals surface area contributed by atoms with Crippen molar-refractivity contribution in [3.8, 4) is 0 Å². The van der Waals surface area contributed by atoms with Gasteiger partial charge in [0, 0.05) is 6.54 Å².